The van der Waals surface area contributed by atoms with Gasteiger partial charge in [-0.3, -0.25) is 9.89 Å². The van der Waals surface area contributed by atoms with Gasteiger partial charge in [0, 0.05) is 42.5 Å². The maximum atomic E-state index is 11.4. The molecule has 4 aromatic heterocycles. The first kappa shape index (κ1) is 14.2. The van der Waals surface area contributed by atoms with Crippen molar-refractivity contribution in [1.29, 1.82) is 0 Å². The number of rotatable bonds is 3. The van der Waals surface area contributed by atoms with Crippen LogP contribution in [0.1, 0.15) is 19.4 Å². The van der Waals surface area contributed by atoms with E-state index >= 15 is 0 Å². The first-order chi connectivity index (χ1) is 11.6. The fourth-order valence-corrected chi connectivity index (χ4v) is 2.39. The minimum absolute atomic E-state index is 0.188. The number of aromatic amines is 1. The standard InChI is InChI=1S/C16H14N6O2/c1-10(12-8-18-13-6-15(23)19-22(13)9-12)11(2)24-16-7-14-17-4-3-5-21(14)20-16/h3-9H,1-2H3,(H,19,23)/b11-10-. The van der Waals surface area contributed by atoms with Crippen LogP contribution < -0.4 is 10.3 Å². The van der Waals surface area contributed by atoms with Crippen molar-refractivity contribution in [3.05, 3.63) is 64.7 Å². The molecule has 0 amide bonds. The molecule has 1 N–H and O–H groups in total. The van der Waals surface area contributed by atoms with Crippen LogP contribution in [-0.2, 0) is 0 Å². The van der Waals surface area contributed by atoms with Gasteiger partial charge in [-0.05, 0) is 25.5 Å². The molecule has 0 aliphatic carbocycles. The van der Waals surface area contributed by atoms with Crippen molar-refractivity contribution in [1.82, 2.24) is 29.2 Å². The van der Waals surface area contributed by atoms with Crippen molar-refractivity contribution in [2.24, 2.45) is 0 Å². The Morgan fingerprint density at radius 2 is 2.08 bits per heavy atom. The lowest BCUT2D eigenvalue weighted by atomic mass is 10.1. The molecule has 4 aromatic rings. The molecular formula is C16H14N6O2. The predicted molar refractivity (Wildman–Crippen MR) is 87.7 cm³/mol. The molecule has 0 bridgehead atoms. The third kappa shape index (κ3) is 2.43. The average Bonchev–Trinajstić information content (AvgIpc) is 3.14. The number of ether oxygens (including phenoxy) is 1. The van der Waals surface area contributed by atoms with E-state index < -0.39 is 0 Å². The Bertz CT molecular complexity index is 1100. The molecule has 8 nitrogen and oxygen atoms in total. The number of hydrogen-bond acceptors (Lipinski definition) is 5. The largest absolute Gasteiger partial charge is 0.442 e. The number of nitrogens with zero attached hydrogens (tertiary/aromatic N) is 5. The van der Waals surface area contributed by atoms with Crippen LogP contribution in [0.4, 0.5) is 0 Å². The zero-order chi connectivity index (χ0) is 16.7. The number of nitrogens with one attached hydrogen (secondary N) is 1. The molecular weight excluding hydrogens is 308 g/mol. The van der Waals surface area contributed by atoms with E-state index in [1.807, 2.05) is 13.8 Å². The molecule has 4 heterocycles. The molecule has 0 aliphatic heterocycles. The van der Waals surface area contributed by atoms with Crippen LogP contribution in [0.3, 0.4) is 0 Å². The summed E-state index contributed by atoms with van der Waals surface area (Å²) in [6, 6.07) is 5.01. The highest BCUT2D eigenvalue weighted by Gasteiger charge is 2.09. The van der Waals surface area contributed by atoms with Crippen molar-refractivity contribution in [3.63, 3.8) is 0 Å². The number of aromatic nitrogens is 6. The summed E-state index contributed by atoms with van der Waals surface area (Å²) in [7, 11) is 0. The van der Waals surface area contributed by atoms with Crippen LogP contribution in [0.15, 0.2) is 53.5 Å². The number of fused-ring (bicyclic) bond motifs is 2. The molecule has 8 heteroatoms. The second-order valence-electron chi connectivity index (χ2n) is 5.38. The van der Waals surface area contributed by atoms with E-state index in [-0.39, 0.29) is 5.56 Å². The molecule has 0 atom stereocenters. The summed E-state index contributed by atoms with van der Waals surface area (Å²) < 4.78 is 9.07. The quantitative estimate of drug-likeness (QED) is 0.582. The Labute approximate surface area is 136 Å². The number of hydrogen-bond donors (Lipinski definition) is 1. The lowest BCUT2D eigenvalue weighted by Crippen LogP contribution is -2.01. The van der Waals surface area contributed by atoms with E-state index in [9.17, 15) is 4.79 Å². The van der Waals surface area contributed by atoms with Gasteiger partial charge in [0.1, 0.15) is 5.76 Å². The summed E-state index contributed by atoms with van der Waals surface area (Å²) in [6.07, 6.45) is 7.02. The molecule has 0 radical (unpaired) electrons. The molecule has 24 heavy (non-hydrogen) atoms. The van der Waals surface area contributed by atoms with Crippen LogP contribution in [0.25, 0.3) is 16.9 Å². The Kier molecular flexibility index (Phi) is 3.16. The van der Waals surface area contributed by atoms with Gasteiger partial charge in [-0.2, -0.15) is 0 Å². The molecule has 0 fully saturated rings. The Balaban J connectivity index is 1.68. The molecule has 4 rings (SSSR count). The molecule has 0 spiro atoms. The minimum atomic E-state index is -0.188. The number of allylic oxidation sites excluding steroid dienone is 2. The van der Waals surface area contributed by atoms with E-state index in [4.69, 9.17) is 4.74 Å². The zero-order valence-corrected chi connectivity index (χ0v) is 13.1. The SMILES string of the molecule is C/C(Oc1cc2ncccn2n1)=C(\C)c1cnc2cc(=O)[nH]n2c1. The second kappa shape index (κ2) is 5.34. The fourth-order valence-electron chi connectivity index (χ4n) is 2.39. The highest BCUT2D eigenvalue weighted by molar-refractivity contribution is 5.65. The van der Waals surface area contributed by atoms with Gasteiger partial charge >= 0.3 is 0 Å². The van der Waals surface area contributed by atoms with Gasteiger partial charge in [0.25, 0.3) is 5.56 Å². The normalized spacial score (nSPS) is 12.6. The van der Waals surface area contributed by atoms with Gasteiger partial charge in [0.2, 0.25) is 5.88 Å². The van der Waals surface area contributed by atoms with Gasteiger partial charge in [0.15, 0.2) is 11.3 Å². The lowest BCUT2D eigenvalue weighted by molar-refractivity contribution is 0.410. The van der Waals surface area contributed by atoms with Gasteiger partial charge in [0.05, 0.1) is 0 Å². The monoisotopic (exact) mass is 322 g/mol. The highest BCUT2D eigenvalue weighted by Crippen LogP contribution is 2.21. The predicted octanol–water partition coefficient (Wildman–Crippen LogP) is 1.90. The van der Waals surface area contributed by atoms with Crippen molar-refractivity contribution >= 4 is 16.9 Å². The van der Waals surface area contributed by atoms with Gasteiger partial charge in [-0.15, -0.1) is 5.10 Å². The summed E-state index contributed by atoms with van der Waals surface area (Å²) >= 11 is 0. The van der Waals surface area contributed by atoms with E-state index in [0.29, 0.717) is 22.9 Å². The molecule has 0 saturated carbocycles. The molecule has 0 saturated heterocycles. The summed E-state index contributed by atoms with van der Waals surface area (Å²) in [5, 5.41) is 6.98. The first-order valence-electron chi connectivity index (χ1n) is 7.34. The lowest BCUT2D eigenvalue weighted by Gasteiger charge is -2.08. The van der Waals surface area contributed by atoms with Crippen LogP contribution >= 0.6 is 0 Å². The van der Waals surface area contributed by atoms with Crippen molar-refractivity contribution in [3.8, 4) is 5.88 Å². The van der Waals surface area contributed by atoms with Crippen molar-refractivity contribution in [2.75, 3.05) is 0 Å². The molecule has 0 unspecified atom stereocenters. The van der Waals surface area contributed by atoms with Crippen LogP contribution in [0.2, 0.25) is 0 Å². The van der Waals surface area contributed by atoms with Gasteiger partial charge in [-0.1, -0.05) is 0 Å². The van der Waals surface area contributed by atoms with Crippen molar-refractivity contribution in [2.45, 2.75) is 13.8 Å². The zero-order valence-electron chi connectivity index (χ0n) is 13.1. The van der Waals surface area contributed by atoms with Gasteiger partial charge in [-0.25, -0.2) is 19.0 Å². The van der Waals surface area contributed by atoms with Crippen molar-refractivity contribution < 1.29 is 4.74 Å². The van der Waals surface area contributed by atoms with E-state index in [1.54, 1.807) is 46.0 Å². The van der Waals surface area contributed by atoms with Gasteiger partial charge < -0.3 is 4.74 Å². The van der Waals surface area contributed by atoms with Crippen LogP contribution in [0, 0.1) is 0 Å². The average molecular weight is 322 g/mol. The van der Waals surface area contributed by atoms with E-state index in [1.165, 1.54) is 6.07 Å². The Hall–Kier alpha value is -3.42. The summed E-state index contributed by atoms with van der Waals surface area (Å²) in [5.41, 5.74) is 2.83. The smallest absolute Gasteiger partial charge is 0.266 e. The second-order valence-corrected chi connectivity index (χ2v) is 5.38. The van der Waals surface area contributed by atoms with Crippen LogP contribution in [-0.4, -0.2) is 29.2 Å². The minimum Gasteiger partial charge on any atom is -0.442 e. The Morgan fingerprint density at radius 3 is 2.92 bits per heavy atom. The third-order valence-corrected chi connectivity index (χ3v) is 3.77. The molecule has 120 valence electrons. The van der Waals surface area contributed by atoms with E-state index in [0.717, 1.165) is 11.1 Å². The maximum absolute atomic E-state index is 11.4. The maximum Gasteiger partial charge on any atom is 0.266 e. The summed E-state index contributed by atoms with van der Waals surface area (Å²) in [4.78, 5) is 19.8. The highest BCUT2D eigenvalue weighted by atomic mass is 16.5. The topological polar surface area (TPSA) is 89.6 Å². The fraction of sp³-hybridized carbons (Fsp3) is 0.125. The Morgan fingerprint density at radius 1 is 1.21 bits per heavy atom. The number of H-pyrrole nitrogens is 1. The summed E-state index contributed by atoms with van der Waals surface area (Å²) in [6.45, 7) is 3.78. The van der Waals surface area contributed by atoms with Crippen LogP contribution in [0.5, 0.6) is 5.88 Å². The first-order valence-corrected chi connectivity index (χ1v) is 7.34. The molecule has 0 aromatic carbocycles. The third-order valence-electron chi connectivity index (χ3n) is 3.77. The van der Waals surface area contributed by atoms with E-state index in [2.05, 4.69) is 20.2 Å². The molecule has 0 aliphatic rings. The summed E-state index contributed by atoms with van der Waals surface area (Å²) in [5.74, 6) is 1.16.